The molecule has 0 aliphatic heterocycles. The number of carboxylic acid groups (broad SMARTS) is 1. The molecule has 0 spiro atoms. The summed E-state index contributed by atoms with van der Waals surface area (Å²) in [4.78, 5) is 9.91. The zero-order valence-corrected chi connectivity index (χ0v) is 12.5. The van der Waals surface area contributed by atoms with Crippen molar-refractivity contribution in [3.63, 3.8) is 0 Å². The Morgan fingerprint density at radius 2 is 1.48 bits per heavy atom. The standard InChI is InChI=1S/C6H9NO2.2H3N.H2O8S2/c1-5(4-7)2-3-6(8)9;;;1-9(2,3)7-8-10(4,5)6/h5H,2-3H2,1H3,(H,8,9);2*1H3;(H,1,2,3)(H,4,5,6). The Balaban J connectivity index is -0.000000126. The summed E-state index contributed by atoms with van der Waals surface area (Å²) in [5.41, 5.74) is 0. The van der Waals surface area contributed by atoms with Crippen molar-refractivity contribution in [3.05, 3.63) is 0 Å². The minimum absolute atomic E-state index is 0. The van der Waals surface area contributed by atoms with Crippen molar-refractivity contribution in [2.24, 2.45) is 5.92 Å². The third-order valence-electron chi connectivity index (χ3n) is 1.21. The van der Waals surface area contributed by atoms with Crippen LogP contribution < -0.4 is 12.3 Å². The van der Waals surface area contributed by atoms with Crippen molar-refractivity contribution in [1.29, 1.82) is 5.26 Å². The van der Waals surface area contributed by atoms with Crippen LogP contribution in [0.25, 0.3) is 0 Å². The molecule has 0 bridgehead atoms. The van der Waals surface area contributed by atoms with Crippen molar-refractivity contribution >= 4 is 26.8 Å². The molecule has 0 amide bonds. The van der Waals surface area contributed by atoms with Gasteiger partial charge in [-0.2, -0.15) is 22.1 Å². The largest absolute Gasteiger partial charge is 0.481 e. The first kappa shape index (κ1) is 27.9. The normalized spacial score (nSPS) is 11.5. The third-order valence-corrected chi connectivity index (χ3v) is 1.78. The van der Waals surface area contributed by atoms with E-state index in [9.17, 15) is 21.6 Å². The van der Waals surface area contributed by atoms with Crippen LogP contribution in [0, 0.1) is 17.2 Å². The lowest BCUT2D eigenvalue weighted by atomic mass is 10.1. The van der Waals surface area contributed by atoms with E-state index in [-0.39, 0.29) is 24.6 Å². The third kappa shape index (κ3) is 32.3. The molecule has 0 radical (unpaired) electrons. The Kier molecular flexibility index (Phi) is 16.4. The van der Waals surface area contributed by atoms with E-state index < -0.39 is 26.8 Å². The molecule has 0 rings (SSSR count). The monoisotopic (exact) mass is 355 g/mol. The van der Waals surface area contributed by atoms with E-state index in [0.29, 0.717) is 6.42 Å². The predicted molar refractivity (Wildman–Crippen MR) is 67.0 cm³/mol. The summed E-state index contributed by atoms with van der Waals surface area (Å²) in [6.45, 7) is 1.71. The fourth-order valence-electron chi connectivity index (χ4n) is 0.475. The maximum atomic E-state index is 9.91. The van der Waals surface area contributed by atoms with Crippen LogP contribution in [-0.4, -0.2) is 37.0 Å². The second-order valence-corrected chi connectivity index (χ2v) is 4.94. The zero-order chi connectivity index (χ0) is 15.7. The van der Waals surface area contributed by atoms with Gasteiger partial charge < -0.3 is 17.4 Å². The lowest BCUT2D eigenvalue weighted by molar-refractivity contribution is -0.137. The van der Waals surface area contributed by atoms with Crippen LogP contribution in [0.5, 0.6) is 0 Å². The number of carbonyl (C=O) groups is 1. The van der Waals surface area contributed by atoms with Gasteiger partial charge in [-0.05, 0) is 13.3 Å². The second kappa shape index (κ2) is 12.4. The topological polar surface area (TPSA) is 258 Å². The van der Waals surface area contributed by atoms with E-state index in [0.717, 1.165) is 0 Å². The molecule has 1 atom stereocenters. The Hall–Kier alpha value is -1.38. The molecule has 0 saturated carbocycles. The molecule has 128 valence electrons. The van der Waals surface area contributed by atoms with Crippen LogP contribution in [0.15, 0.2) is 0 Å². The van der Waals surface area contributed by atoms with Crippen LogP contribution in [0.2, 0.25) is 0 Å². The number of carboxylic acids is 1. The molecule has 0 heterocycles. The van der Waals surface area contributed by atoms with E-state index in [1.54, 1.807) is 6.92 Å². The predicted octanol–water partition coefficient (Wildman–Crippen LogP) is -0.125. The summed E-state index contributed by atoms with van der Waals surface area (Å²) >= 11 is 0. The first-order valence-electron chi connectivity index (χ1n) is 4.31. The van der Waals surface area contributed by atoms with E-state index in [4.69, 9.17) is 19.5 Å². The Labute approximate surface area is 121 Å². The zero-order valence-electron chi connectivity index (χ0n) is 10.9. The molecule has 21 heavy (non-hydrogen) atoms. The Bertz CT molecular complexity index is 489. The Morgan fingerprint density at radius 3 is 1.67 bits per heavy atom. The molecule has 0 aliphatic carbocycles. The summed E-state index contributed by atoms with van der Waals surface area (Å²) in [5, 5.41) is 16.4. The highest BCUT2D eigenvalue weighted by Gasteiger charge is 2.13. The first-order valence-corrected chi connectivity index (χ1v) is 7.04. The van der Waals surface area contributed by atoms with Gasteiger partial charge in [-0.25, -0.2) is 0 Å². The number of hydrogen-bond donors (Lipinski definition) is 5. The van der Waals surface area contributed by atoms with Gasteiger partial charge in [0.2, 0.25) is 0 Å². The minimum atomic E-state index is -5.02. The second-order valence-electron chi connectivity index (χ2n) is 2.95. The number of hydrogen-bond acceptors (Lipinski definition) is 10. The fourth-order valence-corrected chi connectivity index (χ4v) is 1.04. The number of rotatable bonds is 6. The van der Waals surface area contributed by atoms with Gasteiger partial charge in [0.25, 0.3) is 0 Å². The molecule has 9 N–H and O–H groups in total. The number of aliphatic carboxylic acids is 1. The van der Waals surface area contributed by atoms with Crippen molar-refractivity contribution < 1.29 is 44.5 Å². The van der Waals surface area contributed by atoms with Crippen LogP contribution in [0.1, 0.15) is 19.8 Å². The molecule has 0 aliphatic rings. The molecule has 0 fully saturated rings. The van der Waals surface area contributed by atoms with Crippen LogP contribution in [0.4, 0.5) is 0 Å². The molecular formula is C6H17N3O10S2. The Morgan fingerprint density at radius 1 is 1.14 bits per heavy atom. The highest BCUT2D eigenvalue weighted by Crippen LogP contribution is 2.02. The van der Waals surface area contributed by atoms with Crippen LogP contribution in [0.3, 0.4) is 0 Å². The van der Waals surface area contributed by atoms with E-state index in [2.05, 4.69) is 8.67 Å². The summed E-state index contributed by atoms with van der Waals surface area (Å²) < 4.78 is 58.9. The van der Waals surface area contributed by atoms with Gasteiger partial charge in [0.05, 0.1) is 6.07 Å². The first-order chi connectivity index (χ1) is 8.37. The highest BCUT2D eigenvalue weighted by atomic mass is 32.3. The fraction of sp³-hybridized carbons (Fsp3) is 0.667. The average Bonchev–Trinajstić information content (AvgIpc) is 2.22. The maximum absolute atomic E-state index is 9.91. The molecular weight excluding hydrogens is 338 g/mol. The molecule has 0 aromatic carbocycles. The molecule has 0 saturated heterocycles. The summed E-state index contributed by atoms with van der Waals surface area (Å²) in [5.74, 6) is -0.974. The van der Waals surface area contributed by atoms with Crippen molar-refractivity contribution in [2.75, 3.05) is 0 Å². The van der Waals surface area contributed by atoms with E-state index in [1.807, 2.05) is 6.07 Å². The lowest BCUT2D eigenvalue weighted by Crippen LogP contribution is -2.10. The SMILES string of the molecule is CC(C#N)CCC(=O)O.N.N.O=S(=O)(O)OOS(=O)(=O)O. The van der Waals surface area contributed by atoms with Gasteiger partial charge in [0.1, 0.15) is 0 Å². The van der Waals surface area contributed by atoms with Gasteiger partial charge in [-0.3, -0.25) is 13.9 Å². The molecule has 0 aromatic heterocycles. The van der Waals surface area contributed by atoms with Gasteiger partial charge in [0.15, 0.2) is 0 Å². The van der Waals surface area contributed by atoms with Crippen molar-refractivity contribution in [3.8, 4) is 6.07 Å². The van der Waals surface area contributed by atoms with Crippen molar-refractivity contribution in [2.45, 2.75) is 19.8 Å². The quantitative estimate of drug-likeness (QED) is 0.236. The summed E-state index contributed by atoms with van der Waals surface area (Å²) in [6, 6.07) is 1.96. The van der Waals surface area contributed by atoms with Gasteiger partial charge in [0, 0.05) is 12.3 Å². The van der Waals surface area contributed by atoms with E-state index >= 15 is 0 Å². The van der Waals surface area contributed by atoms with Crippen molar-refractivity contribution in [1.82, 2.24) is 12.3 Å². The smallest absolute Gasteiger partial charge is 0.425 e. The van der Waals surface area contributed by atoms with Crippen LogP contribution >= 0.6 is 0 Å². The van der Waals surface area contributed by atoms with Gasteiger partial charge in [-0.15, -0.1) is 0 Å². The number of nitrogens with zero attached hydrogens (tertiary/aromatic N) is 1. The lowest BCUT2D eigenvalue weighted by Gasteiger charge is -1.95. The maximum Gasteiger partial charge on any atom is 0.425 e. The molecule has 13 nitrogen and oxygen atoms in total. The number of nitriles is 1. The molecule has 1 unspecified atom stereocenters. The van der Waals surface area contributed by atoms with Gasteiger partial charge in [-0.1, -0.05) is 8.67 Å². The highest BCUT2D eigenvalue weighted by molar-refractivity contribution is 7.83. The molecule has 0 aromatic rings. The summed E-state index contributed by atoms with van der Waals surface area (Å²) in [7, 11) is -10.0. The van der Waals surface area contributed by atoms with Gasteiger partial charge >= 0.3 is 26.8 Å². The minimum Gasteiger partial charge on any atom is -0.481 e. The van der Waals surface area contributed by atoms with E-state index in [1.165, 1.54) is 0 Å². The molecule has 15 heteroatoms. The van der Waals surface area contributed by atoms with Crippen LogP contribution in [-0.2, 0) is 34.3 Å². The average molecular weight is 355 g/mol. The summed E-state index contributed by atoms with van der Waals surface area (Å²) in [6.07, 6.45) is 0.542.